The van der Waals surface area contributed by atoms with Crippen molar-refractivity contribution in [3.05, 3.63) is 71.8 Å². The molecule has 1 aliphatic heterocycles. The van der Waals surface area contributed by atoms with E-state index in [4.69, 9.17) is 0 Å². The van der Waals surface area contributed by atoms with Gasteiger partial charge in [0.15, 0.2) is 0 Å². The van der Waals surface area contributed by atoms with Crippen molar-refractivity contribution in [2.24, 2.45) is 5.92 Å². The fourth-order valence-corrected chi connectivity index (χ4v) is 5.00. The summed E-state index contributed by atoms with van der Waals surface area (Å²) in [4.78, 5) is 5.35. The van der Waals surface area contributed by atoms with Crippen molar-refractivity contribution in [2.45, 2.75) is 52.1 Å². The first-order valence-corrected chi connectivity index (χ1v) is 10.9. The van der Waals surface area contributed by atoms with E-state index < -0.39 is 0 Å². The van der Waals surface area contributed by atoms with Crippen molar-refractivity contribution in [1.29, 1.82) is 0 Å². The Morgan fingerprint density at radius 3 is 1.62 bits per heavy atom. The molecule has 0 aromatic heterocycles. The van der Waals surface area contributed by atoms with Gasteiger partial charge in [-0.1, -0.05) is 81.4 Å². The zero-order chi connectivity index (χ0) is 19.1. The molecule has 0 amide bonds. The molecular formula is C25H38Cl2N2. The first-order valence-electron chi connectivity index (χ1n) is 10.9. The van der Waals surface area contributed by atoms with Crippen molar-refractivity contribution in [1.82, 2.24) is 9.80 Å². The molecule has 1 saturated heterocycles. The first kappa shape index (κ1) is 26.0. The summed E-state index contributed by atoms with van der Waals surface area (Å²) in [6, 6.07) is 22.3. The van der Waals surface area contributed by atoms with Gasteiger partial charge in [-0.3, -0.25) is 9.80 Å². The molecule has 2 nitrogen and oxygen atoms in total. The molecule has 0 radical (unpaired) electrons. The lowest BCUT2D eigenvalue weighted by molar-refractivity contribution is 0.0196. The summed E-state index contributed by atoms with van der Waals surface area (Å²) in [5.74, 6) is 1.24. The van der Waals surface area contributed by atoms with Crippen LogP contribution >= 0.6 is 24.8 Å². The van der Waals surface area contributed by atoms with E-state index in [1.54, 1.807) is 0 Å². The van der Waals surface area contributed by atoms with Crippen LogP contribution in [0.3, 0.4) is 0 Å². The Hall–Kier alpha value is -1.06. The zero-order valence-corrected chi connectivity index (χ0v) is 19.8. The normalized spacial score (nSPS) is 16.3. The Balaban J connectivity index is 0.00000210. The van der Waals surface area contributed by atoms with Crippen LogP contribution in [0, 0.1) is 5.92 Å². The van der Waals surface area contributed by atoms with Gasteiger partial charge in [0, 0.05) is 5.92 Å². The van der Waals surface area contributed by atoms with Crippen molar-refractivity contribution >= 4 is 24.8 Å². The fraction of sp³-hybridized carbons (Fsp3) is 0.520. The highest BCUT2D eigenvalue weighted by Crippen LogP contribution is 2.38. The maximum Gasteiger partial charge on any atom is 0.0619 e. The molecule has 0 aliphatic carbocycles. The van der Waals surface area contributed by atoms with Gasteiger partial charge in [0.05, 0.1) is 6.17 Å². The Kier molecular flexibility index (Phi) is 11.9. The lowest BCUT2D eigenvalue weighted by Gasteiger charge is -2.43. The van der Waals surface area contributed by atoms with E-state index >= 15 is 0 Å². The number of hydrogen-bond donors (Lipinski definition) is 0. The second-order valence-corrected chi connectivity index (χ2v) is 7.78. The van der Waals surface area contributed by atoms with Crippen LogP contribution in [0.15, 0.2) is 60.7 Å². The van der Waals surface area contributed by atoms with Crippen LogP contribution in [0.2, 0.25) is 0 Å². The minimum atomic E-state index is 0. The molecule has 2 aromatic carbocycles. The molecule has 0 N–H and O–H groups in total. The summed E-state index contributed by atoms with van der Waals surface area (Å²) in [5.41, 5.74) is 2.94. The molecule has 1 atom stereocenters. The smallest absolute Gasteiger partial charge is 0.0619 e. The van der Waals surface area contributed by atoms with E-state index in [2.05, 4.69) is 91.2 Å². The second kappa shape index (κ2) is 13.3. The van der Waals surface area contributed by atoms with Gasteiger partial charge in [-0.15, -0.1) is 24.8 Å². The summed E-state index contributed by atoms with van der Waals surface area (Å²) < 4.78 is 0. The van der Waals surface area contributed by atoms with E-state index in [9.17, 15) is 0 Å². The summed E-state index contributed by atoms with van der Waals surface area (Å²) in [6.07, 6.45) is 4.39. The van der Waals surface area contributed by atoms with E-state index in [1.807, 2.05) is 0 Å². The van der Waals surface area contributed by atoms with Gasteiger partial charge >= 0.3 is 0 Å². The number of likely N-dealkylation sites (tertiary alicyclic amines) is 1. The quantitative estimate of drug-likeness (QED) is 0.468. The van der Waals surface area contributed by atoms with Crippen LogP contribution in [0.1, 0.15) is 57.1 Å². The zero-order valence-electron chi connectivity index (χ0n) is 18.2. The molecule has 162 valence electrons. The highest BCUT2D eigenvalue weighted by molar-refractivity contribution is 5.85. The van der Waals surface area contributed by atoms with E-state index in [0.29, 0.717) is 12.1 Å². The third-order valence-electron chi connectivity index (χ3n) is 6.38. The van der Waals surface area contributed by atoms with Crippen molar-refractivity contribution in [3.8, 4) is 0 Å². The van der Waals surface area contributed by atoms with Crippen LogP contribution in [0.4, 0.5) is 0 Å². The predicted molar refractivity (Wildman–Crippen MR) is 131 cm³/mol. The average molecular weight is 437 g/mol. The number of nitrogens with zero attached hydrogens (tertiary/aromatic N) is 2. The maximum atomic E-state index is 2.73. The second-order valence-electron chi connectivity index (χ2n) is 7.78. The molecule has 1 aliphatic rings. The molecular weight excluding hydrogens is 399 g/mol. The molecule has 1 unspecified atom stereocenters. The predicted octanol–water partition coefficient (Wildman–Crippen LogP) is 6.45. The summed E-state index contributed by atoms with van der Waals surface area (Å²) in [6.45, 7) is 11.6. The number of benzene rings is 2. The van der Waals surface area contributed by atoms with E-state index in [0.717, 1.165) is 19.0 Å². The minimum Gasteiger partial charge on any atom is -0.288 e. The van der Waals surface area contributed by atoms with Crippen LogP contribution in [-0.4, -0.2) is 42.1 Å². The van der Waals surface area contributed by atoms with Crippen molar-refractivity contribution in [3.63, 3.8) is 0 Å². The Morgan fingerprint density at radius 2 is 1.24 bits per heavy atom. The van der Waals surface area contributed by atoms with Crippen LogP contribution in [0.5, 0.6) is 0 Å². The molecule has 4 heteroatoms. The van der Waals surface area contributed by atoms with Gasteiger partial charge in [-0.05, 0) is 62.5 Å². The highest BCUT2D eigenvalue weighted by Gasteiger charge is 2.32. The highest BCUT2D eigenvalue weighted by atomic mass is 35.5. The molecule has 1 fully saturated rings. The standard InChI is InChI=1S/C25H36N2.2ClH/c1-4-24(26(5-2)6-3)27-19-17-23(18-20-27)25(21-13-9-7-10-14-21)22-15-11-8-12-16-22;;/h7-16,23-25H,4-6,17-20H2,1-3H3;2*1H. The first-order chi connectivity index (χ1) is 13.3. The van der Waals surface area contributed by atoms with Crippen molar-refractivity contribution in [2.75, 3.05) is 26.2 Å². The Bertz CT molecular complexity index is 614. The average Bonchev–Trinajstić information content (AvgIpc) is 2.74. The van der Waals surface area contributed by atoms with E-state index in [1.165, 1.54) is 43.5 Å². The molecule has 0 bridgehead atoms. The molecule has 2 aromatic rings. The minimum absolute atomic E-state index is 0. The number of hydrogen-bond acceptors (Lipinski definition) is 2. The maximum absolute atomic E-state index is 2.73. The lowest BCUT2D eigenvalue weighted by Crippen LogP contribution is -2.51. The molecule has 1 heterocycles. The van der Waals surface area contributed by atoms with Crippen molar-refractivity contribution < 1.29 is 0 Å². The van der Waals surface area contributed by atoms with E-state index in [-0.39, 0.29) is 24.8 Å². The third kappa shape index (κ3) is 6.46. The largest absolute Gasteiger partial charge is 0.288 e. The van der Waals surface area contributed by atoms with Crippen LogP contribution in [-0.2, 0) is 0 Å². The summed E-state index contributed by atoms with van der Waals surface area (Å²) >= 11 is 0. The lowest BCUT2D eigenvalue weighted by atomic mass is 9.76. The monoisotopic (exact) mass is 436 g/mol. The van der Waals surface area contributed by atoms with Gasteiger partial charge in [-0.2, -0.15) is 0 Å². The van der Waals surface area contributed by atoms with Gasteiger partial charge in [0.2, 0.25) is 0 Å². The number of rotatable bonds is 8. The number of halogens is 2. The summed E-state index contributed by atoms with van der Waals surface area (Å²) in [5, 5.41) is 0. The van der Waals surface area contributed by atoms with Gasteiger partial charge < -0.3 is 0 Å². The topological polar surface area (TPSA) is 6.48 Å². The van der Waals surface area contributed by atoms with Crippen LogP contribution in [0.25, 0.3) is 0 Å². The van der Waals surface area contributed by atoms with Gasteiger partial charge in [0.25, 0.3) is 0 Å². The van der Waals surface area contributed by atoms with Crippen LogP contribution < -0.4 is 0 Å². The molecule has 0 saturated carbocycles. The number of piperidine rings is 1. The summed E-state index contributed by atoms with van der Waals surface area (Å²) in [7, 11) is 0. The van der Waals surface area contributed by atoms with Gasteiger partial charge in [-0.25, -0.2) is 0 Å². The molecule has 29 heavy (non-hydrogen) atoms. The Labute approximate surface area is 190 Å². The molecule has 0 spiro atoms. The SMILES string of the molecule is CCC(N(CC)CC)N1CCC(C(c2ccccc2)c2ccccc2)CC1.Cl.Cl. The third-order valence-corrected chi connectivity index (χ3v) is 6.38. The molecule has 3 rings (SSSR count). The fourth-order valence-electron chi connectivity index (χ4n) is 5.00. The van der Waals surface area contributed by atoms with Gasteiger partial charge in [0.1, 0.15) is 0 Å². The Morgan fingerprint density at radius 1 is 0.793 bits per heavy atom.